The lowest BCUT2D eigenvalue weighted by molar-refractivity contribution is 0.620. The van der Waals surface area contributed by atoms with Gasteiger partial charge in [-0.25, -0.2) is 19.9 Å². The van der Waals surface area contributed by atoms with E-state index in [4.69, 9.17) is 24.4 Å². The largest absolute Gasteiger partial charge is 0.436 e. The summed E-state index contributed by atoms with van der Waals surface area (Å²) in [6, 6.07) is 54.1. The summed E-state index contributed by atoms with van der Waals surface area (Å²) in [5, 5.41) is 9.05. The Bertz CT molecular complexity index is 2880. The van der Waals surface area contributed by atoms with E-state index in [1.165, 1.54) is 5.39 Å². The minimum absolute atomic E-state index is 0.612. The zero-order valence-electron chi connectivity index (χ0n) is 26.2. The molecule has 0 unspecified atom stereocenters. The van der Waals surface area contributed by atoms with Crippen molar-refractivity contribution in [1.29, 1.82) is 0 Å². The van der Waals surface area contributed by atoms with Crippen molar-refractivity contribution in [2.45, 2.75) is 0 Å². The van der Waals surface area contributed by atoms with Gasteiger partial charge in [-0.05, 0) is 74.1 Å². The third kappa shape index (κ3) is 4.55. The van der Waals surface area contributed by atoms with Gasteiger partial charge in [0.15, 0.2) is 23.1 Å². The molecule has 0 radical (unpaired) electrons. The summed E-state index contributed by atoms with van der Waals surface area (Å²) in [4.78, 5) is 20.2. The van der Waals surface area contributed by atoms with Crippen LogP contribution in [0.1, 0.15) is 0 Å². The highest BCUT2D eigenvalue weighted by molar-refractivity contribution is 6.30. The van der Waals surface area contributed by atoms with Gasteiger partial charge in [-0.3, -0.25) is 0 Å². The minimum Gasteiger partial charge on any atom is -0.436 e. The first-order valence-corrected chi connectivity index (χ1v) is 16.3. The fourth-order valence-electron chi connectivity index (χ4n) is 6.95. The lowest BCUT2D eigenvalue weighted by Crippen LogP contribution is -2.00. The Hall–Kier alpha value is -6.72. The van der Waals surface area contributed by atoms with Gasteiger partial charge < -0.3 is 4.42 Å². The maximum atomic E-state index is 6.32. The fraction of sp³-hybridized carbons (Fsp3) is 0. The molecule has 2 aromatic heterocycles. The molecule has 0 saturated heterocycles. The molecule has 0 amide bonds. The van der Waals surface area contributed by atoms with Crippen LogP contribution >= 0.6 is 0 Å². The van der Waals surface area contributed by atoms with Crippen molar-refractivity contribution in [1.82, 2.24) is 19.9 Å². The maximum Gasteiger partial charge on any atom is 0.227 e. The third-order valence-corrected chi connectivity index (χ3v) is 9.31. The molecule has 0 aliphatic rings. The van der Waals surface area contributed by atoms with E-state index in [1.807, 2.05) is 66.7 Å². The van der Waals surface area contributed by atoms with E-state index in [0.717, 1.165) is 71.1 Å². The van der Waals surface area contributed by atoms with Crippen LogP contribution in [-0.4, -0.2) is 19.9 Å². The van der Waals surface area contributed by atoms with Gasteiger partial charge in [-0.15, -0.1) is 0 Å². The van der Waals surface area contributed by atoms with E-state index in [0.29, 0.717) is 23.4 Å². The number of hydrogen-bond acceptors (Lipinski definition) is 5. The van der Waals surface area contributed by atoms with Crippen molar-refractivity contribution < 1.29 is 4.42 Å². The molecule has 0 fully saturated rings. The van der Waals surface area contributed by atoms with E-state index < -0.39 is 0 Å². The van der Waals surface area contributed by atoms with E-state index >= 15 is 0 Å². The molecule has 5 nitrogen and oxygen atoms in total. The van der Waals surface area contributed by atoms with Crippen LogP contribution in [0.15, 0.2) is 162 Å². The quantitative estimate of drug-likeness (QED) is 0.182. The summed E-state index contributed by atoms with van der Waals surface area (Å²) >= 11 is 0. The Labute approximate surface area is 281 Å². The molecule has 5 heteroatoms. The minimum atomic E-state index is 0.612. The Kier molecular flexibility index (Phi) is 6.11. The summed E-state index contributed by atoms with van der Waals surface area (Å²) in [5.41, 5.74) is 5.36. The molecule has 2 heterocycles. The van der Waals surface area contributed by atoms with E-state index in [1.54, 1.807) is 0 Å². The van der Waals surface area contributed by atoms with Gasteiger partial charge in [0.05, 0.1) is 0 Å². The van der Waals surface area contributed by atoms with Crippen LogP contribution in [0.3, 0.4) is 0 Å². The maximum absolute atomic E-state index is 6.32. The number of nitrogens with zero attached hydrogens (tertiary/aromatic N) is 4. The van der Waals surface area contributed by atoms with Crippen LogP contribution in [-0.2, 0) is 0 Å². The lowest BCUT2D eigenvalue weighted by atomic mass is 9.92. The molecule has 0 atom stereocenters. The first-order valence-electron chi connectivity index (χ1n) is 16.3. The van der Waals surface area contributed by atoms with E-state index in [2.05, 4.69) is 91.0 Å². The topological polar surface area (TPSA) is 64.7 Å². The lowest BCUT2D eigenvalue weighted by Gasteiger charge is -2.13. The number of benzene rings is 8. The standard InChI is InChI=1S/C44H26N4O/c1-3-12-28(13-4-1)41-46-42(31-20-19-27-11-7-8-16-30(27)25-31)48-43(47-41)32-21-22-34-33-17-9-10-18-35(33)39-36(37(34)26-32)23-24-38-40(39)45-44(49-38)29-14-5-2-6-15-29/h1-26H. The van der Waals surface area contributed by atoms with Gasteiger partial charge in [0.1, 0.15) is 5.52 Å². The average molecular weight is 627 g/mol. The van der Waals surface area contributed by atoms with Gasteiger partial charge in [0.25, 0.3) is 0 Å². The summed E-state index contributed by atoms with van der Waals surface area (Å²) in [5.74, 6) is 2.50. The highest BCUT2D eigenvalue weighted by Gasteiger charge is 2.18. The predicted octanol–water partition coefficient (Wildman–Crippen LogP) is 11.3. The Balaban J connectivity index is 1.22. The molecule has 49 heavy (non-hydrogen) atoms. The van der Waals surface area contributed by atoms with Gasteiger partial charge in [0, 0.05) is 27.6 Å². The van der Waals surface area contributed by atoms with Crippen LogP contribution in [0.4, 0.5) is 0 Å². The number of fused-ring (bicyclic) bond motifs is 9. The molecule has 0 N–H and O–H groups in total. The molecular weight excluding hydrogens is 601 g/mol. The first-order chi connectivity index (χ1) is 24.3. The SMILES string of the molecule is c1ccc(-c2nc(-c3ccc4ccccc4c3)nc(-c3ccc4c5ccccc5c5c(ccc6oc(-c7ccccc7)nc65)c4c3)n2)cc1. The zero-order valence-corrected chi connectivity index (χ0v) is 26.2. The summed E-state index contributed by atoms with van der Waals surface area (Å²) < 4.78 is 6.32. The van der Waals surface area contributed by atoms with Gasteiger partial charge >= 0.3 is 0 Å². The second kappa shape index (κ2) is 10.9. The summed E-state index contributed by atoms with van der Waals surface area (Å²) in [6.45, 7) is 0. The van der Waals surface area contributed by atoms with Crippen LogP contribution in [0.2, 0.25) is 0 Å². The van der Waals surface area contributed by atoms with Gasteiger partial charge in [0.2, 0.25) is 5.89 Å². The van der Waals surface area contributed by atoms with Crippen molar-refractivity contribution in [2.24, 2.45) is 0 Å². The average Bonchev–Trinajstić information content (AvgIpc) is 3.63. The van der Waals surface area contributed by atoms with E-state index in [-0.39, 0.29) is 0 Å². The van der Waals surface area contributed by atoms with Crippen molar-refractivity contribution in [2.75, 3.05) is 0 Å². The summed E-state index contributed by atoms with van der Waals surface area (Å²) in [6.07, 6.45) is 0. The monoisotopic (exact) mass is 626 g/mol. The van der Waals surface area contributed by atoms with Crippen LogP contribution in [0.25, 0.3) is 99.8 Å². The zero-order chi connectivity index (χ0) is 32.3. The summed E-state index contributed by atoms with van der Waals surface area (Å²) in [7, 11) is 0. The fourth-order valence-corrected chi connectivity index (χ4v) is 6.95. The highest BCUT2D eigenvalue weighted by atomic mass is 16.3. The molecule has 228 valence electrons. The molecule has 0 spiro atoms. The smallest absolute Gasteiger partial charge is 0.227 e. The predicted molar refractivity (Wildman–Crippen MR) is 199 cm³/mol. The molecule has 0 aliphatic heterocycles. The second-order valence-corrected chi connectivity index (χ2v) is 12.3. The van der Waals surface area contributed by atoms with Crippen LogP contribution in [0, 0.1) is 0 Å². The third-order valence-electron chi connectivity index (χ3n) is 9.31. The van der Waals surface area contributed by atoms with E-state index in [9.17, 15) is 0 Å². The molecule has 10 rings (SSSR count). The van der Waals surface area contributed by atoms with Crippen LogP contribution in [0.5, 0.6) is 0 Å². The molecule has 0 aliphatic carbocycles. The van der Waals surface area contributed by atoms with Gasteiger partial charge in [-0.2, -0.15) is 0 Å². The van der Waals surface area contributed by atoms with Crippen molar-refractivity contribution >= 4 is 54.2 Å². The van der Waals surface area contributed by atoms with Gasteiger partial charge in [-0.1, -0.05) is 121 Å². The van der Waals surface area contributed by atoms with Crippen molar-refractivity contribution in [3.05, 3.63) is 158 Å². The molecule has 0 bridgehead atoms. The normalized spacial score (nSPS) is 11.7. The Morgan fingerprint density at radius 3 is 1.67 bits per heavy atom. The number of rotatable bonds is 4. The van der Waals surface area contributed by atoms with Crippen LogP contribution < -0.4 is 0 Å². The molecule has 0 saturated carbocycles. The van der Waals surface area contributed by atoms with Crippen molar-refractivity contribution in [3.8, 4) is 45.6 Å². The highest BCUT2D eigenvalue weighted by Crippen LogP contribution is 2.41. The Morgan fingerprint density at radius 2 is 0.898 bits per heavy atom. The number of hydrogen-bond donors (Lipinski definition) is 0. The second-order valence-electron chi connectivity index (χ2n) is 12.3. The van der Waals surface area contributed by atoms with Crippen molar-refractivity contribution in [3.63, 3.8) is 0 Å². The molecule has 10 aromatic rings. The molecular formula is C44H26N4O. The first kappa shape index (κ1) is 27.4. The molecule has 8 aromatic carbocycles. The number of oxazole rings is 1. The number of aromatic nitrogens is 4. The Morgan fingerprint density at radius 1 is 0.347 bits per heavy atom.